The van der Waals surface area contributed by atoms with Crippen molar-refractivity contribution in [2.45, 2.75) is 26.3 Å². The molecule has 5 nitrogen and oxygen atoms in total. The van der Waals surface area contributed by atoms with E-state index in [4.69, 9.17) is 9.15 Å². The van der Waals surface area contributed by atoms with Gasteiger partial charge in [0.15, 0.2) is 0 Å². The number of methoxy groups -OCH3 is 1. The number of furan rings is 1. The van der Waals surface area contributed by atoms with Crippen molar-refractivity contribution in [3.63, 3.8) is 0 Å². The number of ether oxygens (including phenoxy) is 1. The molecule has 0 fully saturated rings. The summed E-state index contributed by atoms with van der Waals surface area (Å²) in [5, 5.41) is 4.07. The Kier molecular flexibility index (Phi) is 6.14. The Morgan fingerprint density at radius 2 is 1.89 bits per heavy atom. The van der Waals surface area contributed by atoms with Crippen LogP contribution >= 0.6 is 0 Å². The molecule has 0 aliphatic rings. The monoisotopic (exact) mass is 366 g/mol. The molecule has 2 aromatic carbocycles. The number of anilines is 1. The highest BCUT2D eigenvalue weighted by Gasteiger charge is 2.15. The molecule has 3 rings (SSSR count). The summed E-state index contributed by atoms with van der Waals surface area (Å²) in [7, 11) is 3.62. The fourth-order valence-electron chi connectivity index (χ4n) is 3.21. The number of para-hydroxylation sites is 3. The molecule has 0 aliphatic heterocycles. The van der Waals surface area contributed by atoms with Crippen molar-refractivity contribution in [3.05, 3.63) is 59.9 Å². The Hall–Kier alpha value is -2.79. The van der Waals surface area contributed by atoms with Gasteiger partial charge in [0, 0.05) is 36.9 Å². The molecule has 0 saturated heterocycles. The summed E-state index contributed by atoms with van der Waals surface area (Å²) in [6.45, 7) is 3.51. The van der Waals surface area contributed by atoms with Crippen LogP contribution in [0, 0.1) is 0 Å². The molecule has 1 heterocycles. The highest BCUT2D eigenvalue weighted by atomic mass is 16.5. The number of nitrogens with one attached hydrogen (secondary N) is 1. The van der Waals surface area contributed by atoms with Crippen molar-refractivity contribution >= 4 is 22.6 Å². The van der Waals surface area contributed by atoms with Crippen molar-refractivity contribution in [2.24, 2.45) is 0 Å². The first kappa shape index (κ1) is 19.0. The second kappa shape index (κ2) is 8.73. The molecule has 1 N–H and O–H groups in total. The largest absolute Gasteiger partial charge is 0.495 e. The van der Waals surface area contributed by atoms with Gasteiger partial charge in [0.2, 0.25) is 5.91 Å². The van der Waals surface area contributed by atoms with Crippen LogP contribution in [-0.4, -0.2) is 31.5 Å². The molecule has 3 aromatic rings. The Bertz CT molecular complexity index is 917. The predicted octanol–water partition coefficient (Wildman–Crippen LogP) is 4.46. The Balaban J connectivity index is 1.60. The standard InChI is InChI=1S/C22H26N2O3/c1-4-19-17(16-9-5-7-11-20(16)27-19)15-24(2)14-13-22(25)23-18-10-6-8-12-21(18)26-3/h5-12H,4,13-15H2,1-3H3,(H,23,25). The molecule has 0 aliphatic carbocycles. The van der Waals surface area contributed by atoms with E-state index in [0.717, 1.165) is 29.7 Å². The summed E-state index contributed by atoms with van der Waals surface area (Å²) in [5.74, 6) is 1.65. The van der Waals surface area contributed by atoms with E-state index in [0.29, 0.717) is 24.4 Å². The van der Waals surface area contributed by atoms with E-state index in [1.807, 2.05) is 49.5 Å². The van der Waals surface area contributed by atoms with Crippen LogP contribution in [0.3, 0.4) is 0 Å². The van der Waals surface area contributed by atoms with E-state index in [1.165, 1.54) is 5.56 Å². The fraction of sp³-hybridized carbons (Fsp3) is 0.318. The lowest BCUT2D eigenvalue weighted by atomic mass is 10.1. The zero-order valence-electron chi connectivity index (χ0n) is 16.1. The molecule has 142 valence electrons. The van der Waals surface area contributed by atoms with Crippen LogP contribution in [0.1, 0.15) is 24.7 Å². The second-order valence-corrected chi connectivity index (χ2v) is 6.59. The van der Waals surface area contributed by atoms with Crippen molar-refractivity contribution in [1.29, 1.82) is 0 Å². The van der Waals surface area contributed by atoms with Gasteiger partial charge in [-0.2, -0.15) is 0 Å². The van der Waals surface area contributed by atoms with Gasteiger partial charge >= 0.3 is 0 Å². The highest BCUT2D eigenvalue weighted by Crippen LogP contribution is 2.27. The maximum absolute atomic E-state index is 12.3. The number of hydrogen-bond donors (Lipinski definition) is 1. The summed E-state index contributed by atoms with van der Waals surface area (Å²) in [4.78, 5) is 14.5. The van der Waals surface area contributed by atoms with Crippen molar-refractivity contribution in [1.82, 2.24) is 4.90 Å². The molecule has 0 spiro atoms. The van der Waals surface area contributed by atoms with Crippen LogP contribution in [0.25, 0.3) is 11.0 Å². The SMILES string of the molecule is CCc1oc2ccccc2c1CN(C)CCC(=O)Nc1ccccc1OC. The number of amides is 1. The molecule has 1 aromatic heterocycles. The second-order valence-electron chi connectivity index (χ2n) is 6.59. The van der Waals surface area contributed by atoms with E-state index < -0.39 is 0 Å². The van der Waals surface area contributed by atoms with Crippen LogP contribution in [0.5, 0.6) is 5.75 Å². The summed E-state index contributed by atoms with van der Waals surface area (Å²) >= 11 is 0. The number of benzene rings is 2. The zero-order chi connectivity index (χ0) is 19.2. The van der Waals surface area contributed by atoms with Gasteiger partial charge in [-0.1, -0.05) is 37.3 Å². The minimum absolute atomic E-state index is 0.0286. The van der Waals surface area contributed by atoms with E-state index in [2.05, 4.69) is 23.2 Å². The molecule has 5 heteroatoms. The fourth-order valence-corrected chi connectivity index (χ4v) is 3.21. The molecule has 1 amide bonds. The topological polar surface area (TPSA) is 54.7 Å². The summed E-state index contributed by atoms with van der Waals surface area (Å²) < 4.78 is 11.2. The van der Waals surface area contributed by atoms with E-state index in [-0.39, 0.29) is 5.91 Å². The van der Waals surface area contributed by atoms with Crippen LogP contribution < -0.4 is 10.1 Å². The molecule has 0 radical (unpaired) electrons. The van der Waals surface area contributed by atoms with Gasteiger partial charge in [-0.25, -0.2) is 0 Å². The van der Waals surface area contributed by atoms with Gasteiger partial charge in [0.05, 0.1) is 12.8 Å². The lowest BCUT2D eigenvalue weighted by Crippen LogP contribution is -2.24. The van der Waals surface area contributed by atoms with Crippen LogP contribution in [0.2, 0.25) is 0 Å². The van der Waals surface area contributed by atoms with Gasteiger partial charge < -0.3 is 19.4 Å². The third-order valence-corrected chi connectivity index (χ3v) is 4.63. The normalized spacial score (nSPS) is 11.1. The highest BCUT2D eigenvalue weighted by molar-refractivity contribution is 5.92. The molecule has 0 saturated carbocycles. The number of carbonyl (C=O) groups excluding carboxylic acids is 1. The molecule has 27 heavy (non-hydrogen) atoms. The third kappa shape index (κ3) is 4.49. The number of nitrogens with zero attached hydrogens (tertiary/aromatic N) is 1. The first-order chi connectivity index (χ1) is 13.1. The summed E-state index contributed by atoms with van der Waals surface area (Å²) in [6, 6.07) is 15.5. The number of hydrogen-bond acceptors (Lipinski definition) is 4. The van der Waals surface area contributed by atoms with Crippen molar-refractivity contribution in [2.75, 3.05) is 26.0 Å². The molecule has 0 unspecified atom stereocenters. The van der Waals surface area contributed by atoms with Crippen LogP contribution in [0.15, 0.2) is 52.9 Å². The van der Waals surface area contributed by atoms with Gasteiger partial charge in [-0.05, 0) is 25.2 Å². The predicted molar refractivity (Wildman–Crippen MR) is 108 cm³/mol. The lowest BCUT2D eigenvalue weighted by molar-refractivity contribution is -0.116. The Morgan fingerprint density at radius 3 is 2.67 bits per heavy atom. The Labute approximate surface area is 159 Å². The average Bonchev–Trinajstić information content (AvgIpc) is 3.04. The zero-order valence-corrected chi connectivity index (χ0v) is 16.1. The molecular weight excluding hydrogens is 340 g/mol. The average molecular weight is 366 g/mol. The number of fused-ring (bicyclic) bond motifs is 1. The van der Waals surface area contributed by atoms with Crippen molar-refractivity contribution < 1.29 is 13.9 Å². The number of carbonyl (C=O) groups is 1. The third-order valence-electron chi connectivity index (χ3n) is 4.63. The summed E-state index contributed by atoms with van der Waals surface area (Å²) in [5.41, 5.74) is 2.83. The Morgan fingerprint density at radius 1 is 1.15 bits per heavy atom. The van der Waals surface area contributed by atoms with E-state index >= 15 is 0 Å². The quantitative estimate of drug-likeness (QED) is 0.639. The van der Waals surface area contributed by atoms with Crippen LogP contribution in [-0.2, 0) is 17.8 Å². The maximum Gasteiger partial charge on any atom is 0.225 e. The maximum atomic E-state index is 12.3. The smallest absolute Gasteiger partial charge is 0.225 e. The molecule has 0 bridgehead atoms. The van der Waals surface area contributed by atoms with Gasteiger partial charge in [0.25, 0.3) is 0 Å². The minimum Gasteiger partial charge on any atom is -0.495 e. The minimum atomic E-state index is -0.0286. The van der Waals surface area contributed by atoms with Crippen molar-refractivity contribution in [3.8, 4) is 5.75 Å². The molecule has 0 atom stereocenters. The first-order valence-corrected chi connectivity index (χ1v) is 9.23. The molecular formula is C22H26N2O3. The van der Waals surface area contributed by atoms with Gasteiger partial charge in [-0.15, -0.1) is 0 Å². The van der Waals surface area contributed by atoms with Crippen LogP contribution in [0.4, 0.5) is 5.69 Å². The van der Waals surface area contributed by atoms with E-state index in [9.17, 15) is 4.79 Å². The van der Waals surface area contributed by atoms with Gasteiger partial charge in [0.1, 0.15) is 17.1 Å². The van der Waals surface area contributed by atoms with Gasteiger partial charge in [-0.3, -0.25) is 4.79 Å². The van der Waals surface area contributed by atoms with E-state index in [1.54, 1.807) is 7.11 Å². The first-order valence-electron chi connectivity index (χ1n) is 9.23. The number of aryl methyl sites for hydroxylation is 1. The summed E-state index contributed by atoms with van der Waals surface area (Å²) in [6.07, 6.45) is 1.26. The number of rotatable bonds is 8. The lowest BCUT2D eigenvalue weighted by Gasteiger charge is -2.17.